The van der Waals surface area contributed by atoms with Crippen LogP contribution in [-0.2, 0) is 9.53 Å². The molecule has 0 saturated carbocycles. The van der Waals surface area contributed by atoms with E-state index in [0.717, 1.165) is 10.4 Å². The summed E-state index contributed by atoms with van der Waals surface area (Å²) >= 11 is 1.31. The minimum atomic E-state index is -0.842. The number of nitrogens with one attached hydrogen (secondary N) is 2. The average Bonchev–Trinajstić information content (AvgIpc) is 3.13. The van der Waals surface area contributed by atoms with Crippen molar-refractivity contribution in [2.24, 2.45) is 5.10 Å². The number of aryl methyl sites for hydroxylation is 1. The van der Waals surface area contributed by atoms with Crippen molar-refractivity contribution in [2.75, 3.05) is 11.9 Å². The summed E-state index contributed by atoms with van der Waals surface area (Å²) in [5, 5.41) is 16.4. The van der Waals surface area contributed by atoms with E-state index in [-0.39, 0.29) is 18.3 Å². The Kier molecular flexibility index (Phi) is 8.80. The van der Waals surface area contributed by atoms with E-state index in [1.54, 1.807) is 50.2 Å². The lowest BCUT2D eigenvalue weighted by atomic mass is 10.1. The number of nitrogens with zero attached hydrogens (tertiary/aromatic N) is 1. The van der Waals surface area contributed by atoms with Gasteiger partial charge in [0.25, 0.3) is 11.8 Å². The van der Waals surface area contributed by atoms with E-state index in [0.29, 0.717) is 27.4 Å². The van der Waals surface area contributed by atoms with Crippen molar-refractivity contribution < 1.29 is 29.0 Å². The molecule has 3 N–H and O–H groups in total. The van der Waals surface area contributed by atoms with E-state index in [2.05, 4.69) is 15.8 Å². The van der Waals surface area contributed by atoms with Crippen LogP contribution in [-0.4, -0.2) is 41.8 Å². The minimum absolute atomic E-state index is 0.139. The van der Waals surface area contributed by atoms with Gasteiger partial charge in [-0.3, -0.25) is 9.59 Å². The van der Waals surface area contributed by atoms with E-state index in [1.807, 2.05) is 13.8 Å². The second kappa shape index (κ2) is 12.0. The maximum Gasteiger partial charge on any atom is 0.341 e. The molecule has 3 aromatic rings. The molecule has 3 rings (SSSR count). The third-order valence-corrected chi connectivity index (χ3v) is 6.29. The Balaban J connectivity index is 1.58. The Morgan fingerprint density at radius 3 is 2.39 bits per heavy atom. The van der Waals surface area contributed by atoms with Crippen LogP contribution in [0.4, 0.5) is 5.00 Å². The summed E-state index contributed by atoms with van der Waals surface area (Å²) < 4.78 is 10.8. The SMILES string of the molecule is CCOC(=O)c1c(NC(=O)c2ccc(OC(C)C(=O)NN=Cc3ccc(O)cc3)cc2)sc(C)c1C. The van der Waals surface area contributed by atoms with Crippen LogP contribution >= 0.6 is 11.3 Å². The monoisotopic (exact) mass is 509 g/mol. The first-order valence-electron chi connectivity index (χ1n) is 11.2. The number of hydrogen-bond donors (Lipinski definition) is 3. The highest BCUT2D eigenvalue weighted by Crippen LogP contribution is 2.33. The number of phenolic OH excluding ortho intramolecular Hbond substituents is 1. The predicted octanol–water partition coefficient (Wildman–Crippen LogP) is 4.42. The lowest BCUT2D eigenvalue weighted by Gasteiger charge is -2.13. The van der Waals surface area contributed by atoms with Crippen molar-refractivity contribution in [3.05, 3.63) is 75.7 Å². The van der Waals surface area contributed by atoms with Crippen molar-refractivity contribution in [3.63, 3.8) is 0 Å². The molecule has 1 atom stereocenters. The quantitative estimate of drug-likeness (QED) is 0.223. The molecule has 0 aliphatic carbocycles. The summed E-state index contributed by atoms with van der Waals surface area (Å²) in [6.45, 7) is 7.23. The summed E-state index contributed by atoms with van der Waals surface area (Å²) in [7, 11) is 0. The van der Waals surface area contributed by atoms with Gasteiger partial charge in [-0.1, -0.05) is 0 Å². The third-order valence-electron chi connectivity index (χ3n) is 5.17. The third kappa shape index (κ3) is 6.70. The summed E-state index contributed by atoms with van der Waals surface area (Å²) in [6, 6.07) is 12.6. The van der Waals surface area contributed by atoms with Crippen LogP contribution in [0.25, 0.3) is 0 Å². The fraction of sp³-hybridized carbons (Fsp3) is 0.231. The smallest absolute Gasteiger partial charge is 0.341 e. The second-order valence-corrected chi connectivity index (χ2v) is 9.00. The largest absolute Gasteiger partial charge is 0.508 e. The lowest BCUT2D eigenvalue weighted by molar-refractivity contribution is -0.127. The van der Waals surface area contributed by atoms with Gasteiger partial charge < -0.3 is 19.9 Å². The van der Waals surface area contributed by atoms with Crippen molar-refractivity contribution in [1.82, 2.24) is 5.43 Å². The number of esters is 1. The van der Waals surface area contributed by atoms with Crippen LogP contribution in [0.3, 0.4) is 0 Å². The molecule has 10 heteroatoms. The summed E-state index contributed by atoms with van der Waals surface area (Å²) in [4.78, 5) is 38.3. The molecule has 0 aliphatic heterocycles. The van der Waals surface area contributed by atoms with Crippen LogP contribution in [0, 0.1) is 13.8 Å². The Hall–Kier alpha value is -4.18. The Morgan fingerprint density at radius 1 is 1.08 bits per heavy atom. The van der Waals surface area contributed by atoms with E-state index < -0.39 is 18.0 Å². The summed E-state index contributed by atoms with van der Waals surface area (Å²) in [5.74, 6) is -0.783. The maximum absolute atomic E-state index is 12.8. The Labute approximate surface area is 212 Å². The van der Waals surface area contributed by atoms with Gasteiger partial charge in [0.2, 0.25) is 0 Å². The molecular formula is C26H27N3O6S. The zero-order valence-corrected chi connectivity index (χ0v) is 21.1. The molecule has 1 heterocycles. The number of aromatic hydroxyl groups is 1. The van der Waals surface area contributed by atoms with Gasteiger partial charge in [0.15, 0.2) is 6.10 Å². The van der Waals surface area contributed by atoms with Gasteiger partial charge in [0.1, 0.15) is 16.5 Å². The van der Waals surface area contributed by atoms with E-state index in [4.69, 9.17) is 9.47 Å². The van der Waals surface area contributed by atoms with Crippen LogP contribution in [0.15, 0.2) is 53.6 Å². The highest BCUT2D eigenvalue weighted by molar-refractivity contribution is 7.16. The van der Waals surface area contributed by atoms with Gasteiger partial charge >= 0.3 is 5.97 Å². The Morgan fingerprint density at radius 2 is 1.75 bits per heavy atom. The molecule has 1 unspecified atom stereocenters. The van der Waals surface area contributed by atoms with Gasteiger partial charge in [-0.2, -0.15) is 5.10 Å². The standard InChI is InChI=1S/C26H27N3O6S/c1-5-34-26(33)22-15(2)17(4)36-25(22)28-24(32)19-8-12-21(13-9-19)35-16(3)23(31)29-27-14-18-6-10-20(30)11-7-18/h6-14,16,30H,5H2,1-4H3,(H,28,32)(H,29,31). The number of hydrogen-bond acceptors (Lipinski definition) is 8. The summed E-state index contributed by atoms with van der Waals surface area (Å²) in [5.41, 5.74) is 4.60. The number of rotatable bonds is 9. The number of thiophene rings is 1. The average molecular weight is 510 g/mol. The molecule has 2 aromatic carbocycles. The molecule has 188 valence electrons. The van der Waals surface area contributed by atoms with Crippen molar-refractivity contribution in [3.8, 4) is 11.5 Å². The van der Waals surface area contributed by atoms with Gasteiger partial charge in [-0.15, -0.1) is 11.3 Å². The molecule has 2 amide bonds. The molecule has 0 fully saturated rings. The van der Waals surface area contributed by atoms with Gasteiger partial charge in [-0.25, -0.2) is 10.2 Å². The maximum atomic E-state index is 12.8. The minimum Gasteiger partial charge on any atom is -0.508 e. The lowest BCUT2D eigenvalue weighted by Crippen LogP contribution is -2.33. The number of carbonyl (C=O) groups excluding carboxylic acids is 3. The van der Waals surface area contributed by atoms with Crippen molar-refractivity contribution in [1.29, 1.82) is 0 Å². The molecule has 0 radical (unpaired) electrons. The summed E-state index contributed by atoms with van der Waals surface area (Å²) in [6.07, 6.45) is 0.604. The normalized spacial score (nSPS) is 11.7. The fourth-order valence-corrected chi connectivity index (χ4v) is 4.15. The van der Waals surface area contributed by atoms with E-state index in [1.165, 1.54) is 29.7 Å². The zero-order valence-electron chi connectivity index (χ0n) is 20.3. The number of phenols is 1. The number of amides is 2. The van der Waals surface area contributed by atoms with Crippen LogP contribution < -0.4 is 15.5 Å². The van der Waals surface area contributed by atoms with Crippen LogP contribution in [0.5, 0.6) is 11.5 Å². The van der Waals surface area contributed by atoms with Crippen molar-refractivity contribution >= 4 is 40.3 Å². The molecule has 0 aliphatic rings. The molecule has 0 saturated heterocycles. The first-order valence-corrected chi connectivity index (χ1v) is 12.0. The Bertz CT molecular complexity index is 1270. The predicted molar refractivity (Wildman–Crippen MR) is 138 cm³/mol. The number of ether oxygens (including phenoxy) is 2. The number of hydrazone groups is 1. The van der Waals surface area contributed by atoms with Gasteiger partial charge in [0.05, 0.1) is 18.4 Å². The molecular weight excluding hydrogens is 482 g/mol. The van der Waals surface area contributed by atoms with E-state index in [9.17, 15) is 19.5 Å². The number of carbonyl (C=O) groups is 3. The topological polar surface area (TPSA) is 126 Å². The highest BCUT2D eigenvalue weighted by atomic mass is 32.1. The van der Waals surface area contributed by atoms with Gasteiger partial charge in [-0.05, 0) is 87.4 Å². The zero-order chi connectivity index (χ0) is 26.2. The van der Waals surface area contributed by atoms with Crippen molar-refractivity contribution in [2.45, 2.75) is 33.8 Å². The van der Waals surface area contributed by atoms with Gasteiger partial charge in [0, 0.05) is 10.4 Å². The second-order valence-electron chi connectivity index (χ2n) is 7.77. The number of benzene rings is 2. The molecule has 0 spiro atoms. The molecule has 1 aromatic heterocycles. The molecule has 9 nitrogen and oxygen atoms in total. The van der Waals surface area contributed by atoms with Crippen LogP contribution in [0.2, 0.25) is 0 Å². The first kappa shape index (κ1) is 26.4. The first-order chi connectivity index (χ1) is 17.2. The van der Waals surface area contributed by atoms with E-state index >= 15 is 0 Å². The number of anilines is 1. The van der Waals surface area contributed by atoms with Crippen LogP contribution in [0.1, 0.15) is 50.6 Å². The molecule has 0 bridgehead atoms. The fourth-order valence-electron chi connectivity index (χ4n) is 3.10. The molecule has 36 heavy (non-hydrogen) atoms. The highest BCUT2D eigenvalue weighted by Gasteiger charge is 2.22.